The fourth-order valence-corrected chi connectivity index (χ4v) is 7.91. The average Bonchev–Trinajstić information content (AvgIpc) is 3.59. The van der Waals surface area contributed by atoms with E-state index in [1.54, 1.807) is 37.8 Å². The lowest BCUT2D eigenvalue weighted by atomic mass is 9.67. The molecule has 12 heteroatoms. The summed E-state index contributed by atoms with van der Waals surface area (Å²) in [5.41, 5.74) is 3.61. The molecule has 3 aromatic rings. The van der Waals surface area contributed by atoms with E-state index in [2.05, 4.69) is 16.4 Å². The van der Waals surface area contributed by atoms with Crippen LogP contribution in [0.25, 0.3) is 0 Å². The number of piperidine rings is 1. The molecule has 3 amide bonds. The van der Waals surface area contributed by atoms with E-state index in [0.29, 0.717) is 42.1 Å². The van der Waals surface area contributed by atoms with Crippen molar-refractivity contribution in [2.45, 2.75) is 82.5 Å². The van der Waals surface area contributed by atoms with Gasteiger partial charge in [0.25, 0.3) is 11.8 Å². The van der Waals surface area contributed by atoms with E-state index in [0.717, 1.165) is 35.1 Å². The van der Waals surface area contributed by atoms with E-state index >= 15 is 0 Å². The van der Waals surface area contributed by atoms with Crippen molar-refractivity contribution >= 4 is 17.7 Å². The number of nitriles is 1. The number of aromatic nitrogens is 2. The molecule has 0 spiro atoms. The number of likely N-dealkylation sites (tertiary alicyclic amines) is 1. The number of aryl methyl sites for hydroxylation is 2. The Morgan fingerprint density at radius 2 is 1.55 bits per heavy atom. The molecule has 3 aliphatic rings. The lowest BCUT2D eigenvalue weighted by Crippen LogP contribution is -2.47. The van der Waals surface area contributed by atoms with E-state index in [9.17, 15) is 24.4 Å². The highest BCUT2D eigenvalue weighted by atomic mass is 16.5. The monoisotopic (exact) mass is 667 g/mol. The molecule has 0 radical (unpaired) electrons. The van der Waals surface area contributed by atoms with E-state index in [1.807, 2.05) is 57.2 Å². The summed E-state index contributed by atoms with van der Waals surface area (Å²) in [6.07, 6.45) is 3.21. The largest absolute Gasteiger partial charge is 0.459 e. The van der Waals surface area contributed by atoms with Crippen molar-refractivity contribution in [3.8, 4) is 6.07 Å². The molecule has 0 bridgehead atoms. The molecule has 1 aliphatic heterocycles. The standard InChI is InChI=1S/C37H45N7O5/c1-21(2)44-35(40-36(48)49-44)37(18-22(3)39-20-32(45)43-28(19-38)16-27-17-31(27)43)29-12-10-25(33(46)41(4)5)14-23(29)8-9-24-15-26(11-13-30(24)37)34(47)42(6)7/h10-15,21-22,27-28,31,39H,8-9,16-18,20H2,1-7H3/t22-,27+,28-,31-/m0/s1. The van der Waals surface area contributed by atoms with Crippen molar-refractivity contribution in [2.75, 3.05) is 34.7 Å². The van der Waals surface area contributed by atoms with Crippen LogP contribution in [0.15, 0.2) is 45.7 Å². The lowest BCUT2D eigenvalue weighted by Gasteiger charge is -2.38. The van der Waals surface area contributed by atoms with Crippen molar-refractivity contribution in [3.63, 3.8) is 0 Å². The van der Waals surface area contributed by atoms with Gasteiger partial charge in [-0.1, -0.05) is 12.1 Å². The van der Waals surface area contributed by atoms with Crippen molar-refractivity contribution in [2.24, 2.45) is 5.92 Å². The van der Waals surface area contributed by atoms with Crippen LogP contribution in [0.1, 0.15) is 94.9 Å². The molecule has 2 fully saturated rings. The third-order valence-electron chi connectivity index (χ3n) is 10.3. The Morgan fingerprint density at radius 1 is 0.980 bits per heavy atom. The summed E-state index contributed by atoms with van der Waals surface area (Å²) < 4.78 is 7.28. The van der Waals surface area contributed by atoms with Gasteiger partial charge in [-0.3, -0.25) is 14.4 Å². The smallest absolute Gasteiger partial charge is 0.345 e. The van der Waals surface area contributed by atoms with Crippen molar-refractivity contribution in [1.82, 2.24) is 29.7 Å². The SMILES string of the molecule is CC(C)n1oc(=O)nc1C1(C[C@H](C)NCC(=O)N2[C@H](C#N)C[C@@H]3C[C@@H]32)c2ccc(C(=O)N(C)C)cc2CCc2cc(C(=O)N(C)C)ccc21. The summed E-state index contributed by atoms with van der Waals surface area (Å²) in [4.78, 5) is 62.1. The number of rotatable bonds is 9. The molecular weight excluding hydrogens is 622 g/mol. The number of hydrogen-bond acceptors (Lipinski definition) is 8. The second kappa shape index (κ2) is 12.9. The molecule has 1 N–H and O–H groups in total. The number of carbonyl (C=O) groups is 3. The highest BCUT2D eigenvalue weighted by Crippen LogP contribution is 2.49. The van der Waals surface area contributed by atoms with Gasteiger partial charge in [0.05, 0.1) is 24.1 Å². The van der Waals surface area contributed by atoms with Crippen molar-refractivity contribution in [1.29, 1.82) is 5.26 Å². The number of hydrogen-bond donors (Lipinski definition) is 1. The Bertz CT molecular complexity index is 1830. The zero-order valence-corrected chi connectivity index (χ0v) is 29.3. The minimum absolute atomic E-state index is 0.0563. The average molecular weight is 668 g/mol. The first-order chi connectivity index (χ1) is 23.3. The normalized spacial score (nSPS) is 20.8. The third-order valence-corrected chi connectivity index (χ3v) is 10.3. The second-order valence-electron chi connectivity index (χ2n) is 14.5. The summed E-state index contributed by atoms with van der Waals surface area (Å²) in [6, 6.07) is 12.9. The van der Waals surface area contributed by atoms with E-state index < -0.39 is 17.2 Å². The summed E-state index contributed by atoms with van der Waals surface area (Å²) in [7, 11) is 6.86. The van der Waals surface area contributed by atoms with Gasteiger partial charge in [-0.05, 0) is 105 Å². The van der Waals surface area contributed by atoms with E-state index in [-0.39, 0.29) is 42.4 Å². The first-order valence-electron chi connectivity index (χ1n) is 17.0. The molecule has 1 saturated carbocycles. The fraction of sp³-hybridized carbons (Fsp3) is 0.514. The Morgan fingerprint density at radius 3 is 2.06 bits per heavy atom. The molecule has 2 aliphatic carbocycles. The first kappa shape index (κ1) is 34.1. The van der Waals surface area contributed by atoms with Gasteiger partial charge in [-0.25, -0.2) is 4.79 Å². The van der Waals surface area contributed by atoms with Crippen LogP contribution >= 0.6 is 0 Å². The molecule has 1 aromatic heterocycles. The maximum atomic E-state index is 13.5. The van der Waals surface area contributed by atoms with Crippen LogP contribution in [0.3, 0.4) is 0 Å². The first-order valence-corrected chi connectivity index (χ1v) is 17.0. The molecule has 49 heavy (non-hydrogen) atoms. The zero-order chi connectivity index (χ0) is 35.4. The maximum absolute atomic E-state index is 13.5. The molecule has 2 heterocycles. The molecule has 0 unspecified atom stereocenters. The van der Waals surface area contributed by atoms with Crippen LogP contribution in [0.4, 0.5) is 0 Å². The minimum Gasteiger partial charge on any atom is -0.345 e. The van der Waals surface area contributed by atoms with Crippen LogP contribution in [0.5, 0.6) is 0 Å². The molecule has 6 rings (SSSR count). The van der Waals surface area contributed by atoms with Crippen LogP contribution < -0.4 is 11.1 Å². The van der Waals surface area contributed by atoms with Gasteiger partial charge in [0.2, 0.25) is 5.91 Å². The highest BCUT2D eigenvalue weighted by Gasteiger charge is 2.54. The fourth-order valence-electron chi connectivity index (χ4n) is 7.91. The predicted molar refractivity (Wildman–Crippen MR) is 182 cm³/mol. The van der Waals surface area contributed by atoms with Crippen LogP contribution in [0, 0.1) is 17.2 Å². The van der Waals surface area contributed by atoms with Crippen LogP contribution in [-0.4, -0.2) is 95.0 Å². The summed E-state index contributed by atoms with van der Waals surface area (Å²) >= 11 is 0. The van der Waals surface area contributed by atoms with Gasteiger partial charge in [0.15, 0.2) is 5.82 Å². The molecule has 258 valence electrons. The van der Waals surface area contributed by atoms with Crippen LogP contribution in [-0.2, 0) is 23.1 Å². The van der Waals surface area contributed by atoms with Gasteiger partial charge in [-0.15, -0.1) is 0 Å². The van der Waals surface area contributed by atoms with Crippen molar-refractivity contribution in [3.05, 3.63) is 86.2 Å². The van der Waals surface area contributed by atoms with Gasteiger partial charge >= 0.3 is 5.76 Å². The number of carbonyl (C=O) groups excluding carboxylic acids is 3. The van der Waals surface area contributed by atoms with Crippen molar-refractivity contribution < 1.29 is 18.9 Å². The Balaban J connectivity index is 1.51. The number of benzene rings is 2. The number of fused-ring (bicyclic) bond motifs is 3. The molecule has 1 saturated heterocycles. The molecule has 2 aromatic carbocycles. The summed E-state index contributed by atoms with van der Waals surface area (Å²) in [6.45, 7) is 5.90. The third kappa shape index (κ3) is 6.05. The quantitative estimate of drug-likeness (QED) is 0.367. The van der Waals surface area contributed by atoms with E-state index in [4.69, 9.17) is 4.52 Å². The Kier molecular flexibility index (Phi) is 9.00. The van der Waals surface area contributed by atoms with E-state index in [1.165, 1.54) is 9.80 Å². The zero-order valence-electron chi connectivity index (χ0n) is 29.3. The topological polar surface area (TPSA) is 145 Å². The van der Waals surface area contributed by atoms with Crippen LogP contribution in [0.2, 0.25) is 0 Å². The Labute approximate surface area is 286 Å². The maximum Gasteiger partial charge on any atom is 0.459 e. The summed E-state index contributed by atoms with van der Waals surface area (Å²) in [5.74, 6) is -0.238. The predicted octanol–water partition coefficient (Wildman–Crippen LogP) is 3.13. The highest BCUT2D eigenvalue weighted by molar-refractivity contribution is 5.95. The van der Waals surface area contributed by atoms with Gasteiger partial charge in [0, 0.05) is 51.4 Å². The van der Waals surface area contributed by atoms with Gasteiger partial charge in [0.1, 0.15) is 6.04 Å². The molecule has 4 atom stereocenters. The summed E-state index contributed by atoms with van der Waals surface area (Å²) in [5, 5.41) is 13.1. The lowest BCUT2D eigenvalue weighted by molar-refractivity contribution is -0.131. The van der Waals surface area contributed by atoms with Gasteiger partial charge in [-0.2, -0.15) is 15.0 Å². The number of amides is 3. The number of nitrogens with zero attached hydrogens (tertiary/aromatic N) is 6. The number of nitrogens with one attached hydrogen (secondary N) is 1. The van der Waals surface area contributed by atoms with Gasteiger partial charge < -0.3 is 24.5 Å². The second-order valence-corrected chi connectivity index (χ2v) is 14.5. The minimum atomic E-state index is -1.07. The Hall–Kier alpha value is -4.76. The molecular formula is C37H45N7O5. The molecule has 12 nitrogen and oxygen atoms in total.